The highest BCUT2D eigenvalue weighted by molar-refractivity contribution is 5.96. The number of allylic oxidation sites excluding steroid dienone is 3. The van der Waals surface area contributed by atoms with E-state index in [1.165, 1.54) is 38.9 Å². The molecular weight excluding hydrogens is 707 g/mol. The first kappa shape index (κ1) is 33.7. The molecule has 11 rings (SSSR count). The van der Waals surface area contributed by atoms with E-state index in [9.17, 15) is 0 Å². The Balaban J connectivity index is 1.00. The maximum absolute atomic E-state index is 6.94. The van der Waals surface area contributed by atoms with Crippen molar-refractivity contribution in [2.75, 3.05) is 4.90 Å². The fourth-order valence-corrected chi connectivity index (χ4v) is 9.17. The Hall–Kier alpha value is -7.62. The predicted octanol–water partition coefficient (Wildman–Crippen LogP) is 14.1. The third kappa shape index (κ3) is 5.21. The van der Waals surface area contributed by atoms with E-state index in [0.717, 1.165) is 39.3 Å². The van der Waals surface area contributed by atoms with Crippen molar-refractivity contribution in [1.82, 2.24) is 0 Å². The van der Waals surface area contributed by atoms with Crippen LogP contribution in [0.5, 0.6) is 11.5 Å². The van der Waals surface area contributed by atoms with Crippen LogP contribution in [-0.4, -0.2) is 0 Å². The molecule has 3 nitrogen and oxygen atoms in total. The maximum Gasteiger partial charge on any atom is 0.177 e. The van der Waals surface area contributed by atoms with Crippen molar-refractivity contribution in [2.24, 2.45) is 0 Å². The van der Waals surface area contributed by atoms with Gasteiger partial charge in [-0.05, 0) is 86.5 Å². The van der Waals surface area contributed by atoms with Crippen LogP contribution in [0.4, 0.5) is 17.1 Å². The van der Waals surface area contributed by atoms with Gasteiger partial charge in [-0.1, -0.05) is 176 Å². The fourth-order valence-electron chi connectivity index (χ4n) is 9.17. The summed E-state index contributed by atoms with van der Waals surface area (Å²) in [5.41, 5.74) is 15.6. The summed E-state index contributed by atoms with van der Waals surface area (Å²) in [6.45, 7) is 4.22. The molecule has 1 aliphatic heterocycles. The molecule has 3 aliphatic rings. The summed E-state index contributed by atoms with van der Waals surface area (Å²) in [6, 6.07) is 70.8. The lowest BCUT2D eigenvalue weighted by atomic mass is 9.74. The average Bonchev–Trinajstić information content (AvgIpc) is 3.79. The molecule has 0 saturated heterocycles. The minimum absolute atomic E-state index is 0.461. The van der Waals surface area contributed by atoms with E-state index in [4.69, 9.17) is 9.47 Å². The average molecular weight is 744 g/mol. The number of para-hydroxylation sites is 2. The van der Waals surface area contributed by atoms with Gasteiger partial charge in [0.15, 0.2) is 23.0 Å². The summed E-state index contributed by atoms with van der Waals surface area (Å²) in [7, 11) is 0. The van der Waals surface area contributed by atoms with Gasteiger partial charge in [-0.2, -0.15) is 0 Å². The van der Waals surface area contributed by atoms with Crippen molar-refractivity contribution in [3.8, 4) is 44.9 Å². The number of ether oxygens (including phenoxy) is 2. The normalized spacial score (nSPS) is 14.0. The number of benzene rings is 8. The molecule has 58 heavy (non-hydrogen) atoms. The van der Waals surface area contributed by atoms with Crippen LogP contribution < -0.4 is 14.4 Å². The van der Waals surface area contributed by atoms with Gasteiger partial charge in [-0.3, -0.25) is 0 Å². The topological polar surface area (TPSA) is 21.7 Å². The van der Waals surface area contributed by atoms with Gasteiger partial charge in [0.2, 0.25) is 0 Å². The van der Waals surface area contributed by atoms with E-state index in [-0.39, 0.29) is 0 Å². The van der Waals surface area contributed by atoms with Crippen molar-refractivity contribution < 1.29 is 9.47 Å². The smallest absolute Gasteiger partial charge is 0.177 e. The van der Waals surface area contributed by atoms with Crippen molar-refractivity contribution >= 4 is 22.6 Å². The molecule has 8 aromatic rings. The van der Waals surface area contributed by atoms with E-state index >= 15 is 0 Å². The minimum Gasteiger partial charge on any atom is -0.449 e. The summed E-state index contributed by atoms with van der Waals surface area (Å²) >= 11 is 0. The molecule has 0 amide bonds. The number of anilines is 3. The molecule has 3 heteroatoms. The first-order valence-electron chi connectivity index (χ1n) is 19.7. The number of hydrogen-bond acceptors (Lipinski definition) is 3. The molecule has 0 aromatic heterocycles. The number of hydrogen-bond donors (Lipinski definition) is 0. The highest BCUT2D eigenvalue weighted by Gasteiger charge is 2.48. The van der Waals surface area contributed by atoms with Gasteiger partial charge in [-0.25, -0.2) is 0 Å². The largest absolute Gasteiger partial charge is 0.449 e. The second kappa shape index (κ2) is 13.5. The molecule has 0 saturated carbocycles. The Morgan fingerprint density at radius 3 is 1.64 bits per heavy atom. The van der Waals surface area contributed by atoms with E-state index in [2.05, 4.69) is 200 Å². The number of fused-ring (bicyclic) bond motifs is 8. The number of nitrogens with zero attached hydrogens (tertiary/aromatic N) is 1. The van der Waals surface area contributed by atoms with Crippen LogP contribution in [0.25, 0.3) is 39.0 Å². The quantitative estimate of drug-likeness (QED) is 0.162. The van der Waals surface area contributed by atoms with Crippen LogP contribution in [0.3, 0.4) is 0 Å². The molecule has 0 unspecified atom stereocenters. The van der Waals surface area contributed by atoms with E-state index < -0.39 is 5.41 Å². The Bertz CT molecular complexity index is 2910. The Morgan fingerprint density at radius 2 is 0.966 bits per heavy atom. The van der Waals surface area contributed by atoms with Crippen molar-refractivity contribution in [1.29, 1.82) is 0 Å². The molecule has 1 heterocycles. The predicted molar refractivity (Wildman–Crippen MR) is 237 cm³/mol. The van der Waals surface area contributed by atoms with Gasteiger partial charge in [0.1, 0.15) is 0 Å². The molecule has 1 spiro atoms. The highest BCUT2D eigenvalue weighted by atomic mass is 16.6. The molecule has 274 valence electrons. The van der Waals surface area contributed by atoms with E-state index in [1.54, 1.807) is 6.08 Å². The maximum atomic E-state index is 6.94. The minimum atomic E-state index is -0.461. The van der Waals surface area contributed by atoms with E-state index in [1.807, 2.05) is 18.2 Å². The van der Waals surface area contributed by atoms with Crippen LogP contribution in [-0.2, 0) is 5.41 Å². The highest BCUT2D eigenvalue weighted by Crippen LogP contribution is 2.60. The van der Waals surface area contributed by atoms with Gasteiger partial charge in [0.05, 0.1) is 16.8 Å². The van der Waals surface area contributed by atoms with Crippen LogP contribution in [0, 0.1) is 0 Å². The second-order valence-electron chi connectivity index (χ2n) is 14.9. The van der Waals surface area contributed by atoms with E-state index in [0.29, 0.717) is 23.0 Å². The molecule has 0 fully saturated rings. The van der Waals surface area contributed by atoms with Crippen LogP contribution in [0.2, 0.25) is 0 Å². The fraction of sp³-hybridized carbons (Fsp3) is 0.0182. The number of rotatable bonds is 7. The molecule has 0 bridgehead atoms. The Kier molecular flexibility index (Phi) is 7.87. The zero-order valence-electron chi connectivity index (χ0n) is 31.7. The summed E-state index contributed by atoms with van der Waals surface area (Å²) in [4.78, 5) is 2.28. The van der Waals surface area contributed by atoms with Gasteiger partial charge < -0.3 is 14.4 Å². The molecule has 2 aliphatic carbocycles. The summed E-state index contributed by atoms with van der Waals surface area (Å²) < 4.78 is 13.8. The first-order chi connectivity index (χ1) is 28.7. The summed E-state index contributed by atoms with van der Waals surface area (Å²) in [5.74, 6) is 2.51. The lowest BCUT2D eigenvalue weighted by Crippen LogP contribution is -2.22. The van der Waals surface area contributed by atoms with Crippen LogP contribution in [0.1, 0.15) is 22.3 Å². The first-order valence-corrected chi connectivity index (χ1v) is 19.7. The standard InChI is InChI=1S/C55H37NO2/c1-2-51-54(46-36-55(49-27-15-11-24-45(46)49)47-25-13-9-22-43(47)44-23-10-14-26-48(44)55)58-52-34-33-41(35-53(52)57-51)56(40-19-7-4-8-20-40)50-28-16-12-21-42(50)39-31-29-38(30-32-39)37-17-5-3-6-18-37/h2-36H,1H2. The lowest BCUT2D eigenvalue weighted by Gasteiger charge is -2.30. The summed E-state index contributed by atoms with van der Waals surface area (Å²) in [5, 5.41) is 0. The van der Waals surface area contributed by atoms with Crippen molar-refractivity contribution in [2.45, 2.75) is 5.41 Å². The zero-order valence-corrected chi connectivity index (χ0v) is 31.7. The van der Waals surface area contributed by atoms with Crippen LogP contribution in [0.15, 0.2) is 230 Å². The van der Waals surface area contributed by atoms with Gasteiger partial charge >= 0.3 is 0 Å². The van der Waals surface area contributed by atoms with Gasteiger partial charge in [-0.15, -0.1) is 0 Å². The monoisotopic (exact) mass is 743 g/mol. The lowest BCUT2D eigenvalue weighted by molar-refractivity contribution is 0.319. The summed E-state index contributed by atoms with van der Waals surface area (Å²) in [6.07, 6.45) is 4.14. The third-order valence-electron chi connectivity index (χ3n) is 11.7. The van der Waals surface area contributed by atoms with Gasteiger partial charge in [0, 0.05) is 22.9 Å². The molecule has 8 aromatic carbocycles. The Labute approximate surface area is 338 Å². The SMILES string of the molecule is C=CC1=C(C2=CC3(c4ccccc42)c2ccccc2-c2ccccc23)Oc2ccc(N(c3ccccc3)c3ccccc3-c3ccc(-c4ccccc4)cc3)cc2O1. The van der Waals surface area contributed by atoms with Crippen LogP contribution >= 0.6 is 0 Å². The second-order valence-corrected chi connectivity index (χ2v) is 14.9. The third-order valence-corrected chi connectivity index (χ3v) is 11.7. The zero-order chi connectivity index (χ0) is 38.6. The van der Waals surface area contributed by atoms with Crippen molar-refractivity contribution in [3.05, 3.63) is 253 Å². The molecular formula is C55H37NO2. The Morgan fingerprint density at radius 1 is 0.431 bits per heavy atom. The molecule has 0 atom stereocenters. The molecule has 0 N–H and O–H groups in total. The molecule has 0 radical (unpaired) electrons. The van der Waals surface area contributed by atoms with Gasteiger partial charge in [0.25, 0.3) is 0 Å². The van der Waals surface area contributed by atoms with Crippen molar-refractivity contribution in [3.63, 3.8) is 0 Å².